The summed E-state index contributed by atoms with van der Waals surface area (Å²) in [5, 5.41) is 23.9. The van der Waals surface area contributed by atoms with E-state index in [1.807, 2.05) is 170 Å². The number of rotatable bonds is 10. The van der Waals surface area contributed by atoms with Crippen LogP contribution in [0.2, 0.25) is 0 Å². The fourth-order valence-electron chi connectivity index (χ4n) is 12.1. The monoisotopic (exact) mass is 1120 g/mol. The first-order valence-corrected chi connectivity index (χ1v) is 28.5. The molecule has 10 heteroatoms. The highest BCUT2D eigenvalue weighted by molar-refractivity contribution is 6.14. The molecule has 4 aromatic heterocycles. The second kappa shape index (κ2) is 21.7. The largest absolute Gasteiger partial charge is 0.309 e. The average molecular weight is 1120 g/mol. The third kappa shape index (κ3) is 9.22. The Hall–Kier alpha value is -12.9. The Labute approximate surface area is 506 Å². The van der Waals surface area contributed by atoms with Gasteiger partial charge < -0.3 is 9.13 Å². The highest BCUT2D eigenvalue weighted by Crippen LogP contribution is 2.45. The summed E-state index contributed by atoms with van der Waals surface area (Å²) in [7, 11) is 0. The molecular weight excluding hydrogens is 1080 g/mol. The topological polar surface area (TPSA) is 118 Å². The van der Waals surface area contributed by atoms with Gasteiger partial charge >= 0.3 is 0 Å². The first-order valence-electron chi connectivity index (χ1n) is 28.5. The third-order valence-electron chi connectivity index (χ3n) is 16.3. The van der Waals surface area contributed by atoms with E-state index in [1.54, 1.807) is 0 Å². The molecule has 15 rings (SSSR count). The van der Waals surface area contributed by atoms with Crippen LogP contribution in [0.25, 0.3) is 155 Å². The minimum absolute atomic E-state index is 0.482. The Kier molecular flexibility index (Phi) is 12.8. The molecule has 0 N–H and O–H groups in total. The molecule has 0 aliphatic carbocycles. The Bertz CT molecular complexity index is 5230. The molecule has 11 aromatic carbocycles. The molecule has 0 amide bonds. The number of hydrogen-bond donors (Lipinski definition) is 0. The summed E-state index contributed by atoms with van der Waals surface area (Å²) in [6.07, 6.45) is 1.84. The van der Waals surface area contributed by atoms with Crippen LogP contribution < -0.4 is 0 Å². The number of nitriles is 2. The van der Waals surface area contributed by atoms with Crippen LogP contribution in [0.5, 0.6) is 0 Å². The van der Waals surface area contributed by atoms with Crippen molar-refractivity contribution < 1.29 is 0 Å². The van der Waals surface area contributed by atoms with Gasteiger partial charge in [-0.3, -0.25) is 4.98 Å². The van der Waals surface area contributed by atoms with Crippen molar-refractivity contribution in [2.75, 3.05) is 0 Å². The molecule has 10 nitrogen and oxygen atoms in total. The summed E-state index contributed by atoms with van der Waals surface area (Å²) >= 11 is 0. The van der Waals surface area contributed by atoms with E-state index in [9.17, 15) is 10.5 Å². The highest BCUT2D eigenvalue weighted by Gasteiger charge is 2.25. The number of fused-ring (bicyclic) bond motifs is 6. The van der Waals surface area contributed by atoms with Crippen molar-refractivity contribution in [1.29, 1.82) is 10.5 Å². The van der Waals surface area contributed by atoms with E-state index in [0.717, 1.165) is 122 Å². The fraction of sp³-hybridized carbons (Fsp3) is 0. The molecule has 406 valence electrons. The Morgan fingerprint density at radius 2 is 0.693 bits per heavy atom. The predicted molar refractivity (Wildman–Crippen MR) is 352 cm³/mol. The summed E-state index contributed by atoms with van der Waals surface area (Å²) < 4.78 is 4.60. The van der Waals surface area contributed by atoms with Crippen LogP contribution in [-0.2, 0) is 0 Å². The molecule has 88 heavy (non-hydrogen) atoms. The van der Waals surface area contributed by atoms with Crippen molar-refractivity contribution in [3.63, 3.8) is 0 Å². The lowest BCUT2D eigenvalue weighted by atomic mass is 9.99. The smallest absolute Gasteiger partial charge is 0.187 e. The Morgan fingerprint density at radius 3 is 1.12 bits per heavy atom. The normalized spacial score (nSPS) is 11.1. The van der Waals surface area contributed by atoms with Gasteiger partial charge in [-0.25, -0.2) is 24.6 Å². The second-order valence-electron chi connectivity index (χ2n) is 21.4. The molecule has 0 saturated heterocycles. The van der Waals surface area contributed by atoms with Gasteiger partial charge in [0.15, 0.2) is 28.8 Å². The van der Waals surface area contributed by atoms with Crippen LogP contribution in [0.15, 0.2) is 267 Å². The van der Waals surface area contributed by atoms with E-state index in [0.29, 0.717) is 45.7 Å². The van der Waals surface area contributed by atoms with Crippen LogP contribution >= 0.6 is 0 Å². The molecule has 4 heterocycles. The molecular formula is C78H44N10. The minimum atomic E-state index is 0.482. The van der Waals surface area contributed by atoms with Gasteiger partial charge in [-0.05, 0) is 160 Å². The van der Waals surface area contributed by atoms with Gasteiger partial charge in [0, 0.05) is 50.0 Å². The molecule has 0 bridgehead atoms. The van der Waals surface area contributed by atoms with Crippen LogP contribution in [0.1, 0.15) is 11.1 Å². The zero-order chi connectivity index (χ0) is 59.2. The van der Waals surface area contributed by atoms with Gasteiger partial charge in [-0.1, -0.05) is 146 Å². The first-order chi connectivity index (χ1) is 43.4. The average Bonchev–Trinajstić information content (AvgIpc) is 1.61. The maximum Gasteiger partial charge on any atom is 0.187 e. The van der Waals surface area contributed by atoms with Gasteiger partial charge in [0.05, 0.1) is 75.5 Å². The number of nitrogens with zero attached hydrogens (tertiary/aromatic N) is 10. The fourth-order valence-corrected chi connectivity index (χ4v) is 12.1. The number of hydrogen-bond acceptors (Lipinski definition) is 6. The van der Waals surface area contributed by atoms with Crippen molar-refractivity contribution in [3.05, 3.63) is 301 Å². The maximum absolute atomic E-state index is 9.97. The molecule has 0 aliphatic rings. The van der Waals surface area contributed by atoms with Crippen molar-refractivity contribution in [3.8, 4) is 113 Å². The predicted octanol–water partition coefficient (Wildman–Crippen LogP) is 19.6. The summed E-state index contributed by atoms with van der Waals surface area (Å²) in [5.41, 5.74) is 19.1. The molecule has 0 aliphatic heterocycles. The summed E-state index contributed by atoms with van der Waals surface area (Å²) in [6, 6.07) is 91.8. The van der Waals surface area contributed by atoms with E-state index in [4.69, 9.17) is 33.1 Å². The van der Waals surface area contributed by atoms with Crippen molar-refractivity contribution in [2.24, 2.45) is 0 Å². The van der Waals surface area contributed by atoms with Crippen molar-refractivity contribution in [2.45, 2.75) is 0 Å². The van der Waals surface area contributed by atoms with E-state index in [-0.39, 0.29) is 0 Å². The van der Waals surface area contributed by atoms with E-state index < -0.39 is 0 Å². The SMILES string of the molecule is [C-]#[N+]c1cccc(-c2ccc3c(c2)c2cc(-c4cccc([N+]#[C-])c4)ccc2n3-c2ccc(-c3nc(-c4ccccc4)nc(-c4ccccc4)n3)cc2-c2ncccc2-n2c3ccc(-c4cccc(C#N)c4)cc3c3cc(-c4cccc(C#N)c4)ccc32)c1. The van der Waals surface area contributed by atoms with Crippen molar-refractivity contribution in [1.82, 2.24) is 29.1 Å². The van der Waals surface area contributed by atoms with Gasteiger partial charge in [0.1, 0.15) is 0 Å². The Balaban J connectivity index is 1.02. The van der Waals surface area contributed by atoms with Crippen LogP contribution in [0.4, 0.5) is 11.4 Å². The standard InChI is InChI=1S/C78H44N10/c1-81-62-24-11-22-55(40-62)59-29-32-69-64(44-59)65-45-60(56-23-12-25-63(41-56)82-2)30-33-70(65)87(69)73-36-31-61(78-85-76(51-16-5-3-6-17-51)84-77(86-78)52-18-7-4-8-19-52)46-68(73)75-74(26-13-37-83-75)88-71-34-27-57(53-20-9-14-49(38-53)47-79)42-66(71)67-43-58(28-35-72(67)88)54-21-10-15-50(39-54)48-80/h3-46H. The molecule has 0 unspecified atom stereocenters. The molecule has 15 aromatic rings. The van der Waals surface area contributed by atoms with Gasteiger partial charge in [0.25, 0.3) is 0 Å². The van der Waals surface area contributed by atoms with Gasteiger partial charge in [-0.15, -0.1) is 0 Å². The number of pyridine rings is 1. The van der Waals surface area contributed by atoms with Crippen LogP contribution in [0.3, 0.4) is 0 Å². The van der Waals surface area contributed by atoms with Crippen LogP contribution in [0, 0.1) is 35.8 Å². The molecule has 0 saturated carbocycles. The molecule has 0 radical (unpaired) electrons. The maximum atomic E-state index is 9.97. The third-order valence-corrected chi connectivity index (χ3v) is 16.3. The van der Waals surface area contributed by atoms with E-state index >= 15 is 0 Å². The minimum Gasteiger partial charge on any atom is -0.309 e. The second-order valence-corrected chi connectivity index (χ2v) is 21.4. The number of aromatic nitrogens is 6. The zero-order valence-electron chi connectivity index (χ0n) is 46.9. The molecule has 0 spiro atoms. The summed E-state index contributed by atoms with van der Waals surface area (Å²) in [6.45, 7) is 15.7. The first kappa shape index (κ1) is 52.0. The quantitative estimate of drug-likeness (QED) is 0.126. The lowest BCUT2D eigenvalue weighted by molar-refractivity contribution is 1.07. The molecule has 0 atom stereocenters. The van der Waals surface area contributed by atoms with Crippen molar-refractivity contribution >= 4 is 55.0 Å². The summed E-state index contributed by atoms with van der Waals surface area (Å²) in [5.74, 6) is 1.55. The summed E-state index contributed by atoms with van der Waals surface area (Å²) in [4.78, 5) is 28.5. The molecule has 0 fully saturated rings. The van der Waals surface area contributed by atoms with E-state index in [1.165, 1.54) is 0 Å². The van der Waals surface area contributed by atoms with E-state index in [2.05, 4.69) is 128 Å². The number of benzene rings is 11. The lowest BCUT2D eigenvalue weighted by Crippen LogP contribution is -2.04. The van der Waals surface area contributed by atoms with Crippen LogP contribution in [-0.4, -0.2) is 29.1 Å². The van der Waals surface area contributed by atoms with Gasteiger partial charge in [-0.2, -0.15) is 10.5 Å². The zero-order valence-corrected chi connectivity index (χ0v) is 46.9. The van der Waals surface area contributed by atoms with Gasteiger partial charge in [0.2, 0.25) is 0 Å². The highest BCUT2D eigenvalue weighted by atomic mass is 15.0. The Morgan fingerprint density at radius 1 is 0.318 bits per heavy atom. The lowest BCUT2D eigenvalue weighted by Gasteiger charge is -2.19.